The second-order valence-electron chi connectivity index (χ2n) is 3.18. The number of aromatic nitrogens is 1. The van der Waals surface area contributed by atoms with Crippen molar-refractivity contribution in [2.24, 2.45) is 0 Å². The molecular weight excluding hydrogens is 242 g/mol. The molecular formula is C11H18ClN3O2. The summed E-state index contributed by atoms with van der Waals surface area (Å²) >= 11 is 0. The van der Waals surface area contributed by atoms with Crippen molar-refractivity contribution < 1.29 is 9.53 Å². The second kappa shape index (κ2) is 8.78. The summed E-state index contributed by atoms with van der Waals surface area (Å²) in [5, 5.41) is 5.65. The molecule has 2 N–H and O–H groups in total. The Morgan fingerprint density at radius 1 is 1.47 bits per heavy atom. The van der Waals surface area contributed by atoms with Gasteiger partial charge in [-0.1, -0.05) is 0 Å². The highest BCUT2D eigenvalue weighted by atomic mass is 35.5. The van der Waals surface area contributed by atoms with Gasteiger partial charge in [0.05, 0.1) is 24.9 Å². The van der Waals surface area contributed by atoms with E-state index in [1.165, 1.54) is 0 Å². The molecule has 0 saturated carbocycles. The summed E-state index contributed by atoms with van der Waals surface area (Å²) in [5.74, 6) is 0.708. The summed E-state index contributed by atoms with van der Waals surface area (Å²) in [4.78, 5) is 15.5. The molecule has 0 radical (unpaired) electrons. The summed E-state index contributed by atoms with van der Waals surface area (Å²) in [5.41, 5.74) is 0.695. The van der Waals surface area contributed by atoms with Crippen molar-refractivity contribution in [2.45, 2.75) is 13.3 Å². The van der Waals surface area contributed by atoms with Gasteiger partial charge in [-0.25, -0.2) is 4.98 Å². The number of carbonyl (C=O) groups excluding carboxylic acids is 1. The number of halogens is 1. The Morgan fingerprint density at radius 2 is 2.24 bits per heavy atom. The highest BCUT2D eigenvalue weighted by molar-refractivity contribution is 5.90. The average molecular weight is 260 g/mol. The Labute approximate surface area is 107 Å². The Kier molecular flexibility index (Phi) is 8.09. The third-order valence-electron chi connectivity index (χ3n) is 1.98. The SMILES string of the molecule is CCOCCC(=O)Nc1ccc(NC)nc1.Cl. The van der Waals surface area contributed by atoms with Crippen molar-refractivity contribution in [1.29, 1.82) is 0 Å². The van der Waals surface area contributed by atoms with Gasteiger partial charge in [0.1, 0.15) is 5.82 Å². The zero-order chi connectivity index (χ0) is 11.8. The summed E-state index contributed by atoms with van der Waals surface area (Å²) in [6.45, 7) is 2.98. The zero-order valence-electron chi connectivity index (χ0n) is 10.0. The Morgan fingerprint density at radius 3 is 2.76 bits per heavy atom. The highest BCUT2D eigenvalue weighted by Crippen LogP contribution is 2.09. The van der Waals surface area contributed by atoms with Gasteiger partial charge in [-0.3, -0.25) is 4.79 Å². The van der Waals surface area contributed by atoms with Gasteiger partial charge in [0, 0.05) is 13.7 Å². The van der Waals surface area contributed by atoms with E-state index >= 15 is 0 Å². The Hall–Kier alpha value is -1.33. The van der Waals surface area contributed by atoms with Crippen molar-refractivity contribution in [3.05, 3.63) is 18.3 Å². The molecule has 0 saturated heterocycles. The first-order valence-electron chi connectivity index (χ1n) is 5.27. The summed E-state index contributed by atoms with van der Waals surface area (Å²) < 4.78 is 5.09. The van der Waals surface area contributed by atoms with Crippen LogP contribution in [0.2, 0.25) is 0 Å². The minimum atomic E-state index is -0.0625. The van der Waals surface area contributed by atoms with E-state index in [2.05, 4.69) is 15.6 Å². The molecule has 0 bridgehead atoms. The van der Waals surface area contributed by atoms with Gasteiger partial charge in [-0.05, 0) is 19.1 Å². The van der Waals surface area contributed by atoms with Crippen molar-refractivity contribution in [3.63, 3.8) is 0 Å². The van der Waals surface area contributed by atoms with Crippen LogP contribution in [0.25, 0.3) is 0 Å². The fraction of sp³-hybridized carbons (Fsp3) is 0.455. The van der Waals surface area contributed by atoms with Crippen LogP contribution in [0.1, 0.15) is 13.3 Å². The third kappa shape index (κ3) is 6.09. The molecule has 0 aliphatic carbocycles. The van der Waals surface area contributed by atoms with Crippen LogP contribution in [0.3, 0.4) is 0 Å². The Balaban J connectivity index is 0.00000256. The topological polar surface area (TPSA) is 63.2 Å². The molecule has 96 valence electrons. The number of pyridine rings is 1. The molecule has 0 aromatic carbocycles. The van der Waals surface area contributed by atoms with Crippen LogP contribution in [0.15, 0.2) is 18.3 Å². The van der Waals surface area contributed by atoms with Crippen LogP contribution >= 0.6 is 12.4 Å². The van der Waals surface area contributed by atoms with Gasteiger partial charge in [-0.15, -0.1) is 12.4 Å². The van der Waals surface area contributed by atoms with Gasteiger partial charge in [0.15, 0.2) is 0 Å². The van der Waals surface area contributed by atoms with Gasteiger partial charge in [0.2, 0.25) is 5.91 Å². The van der Waals surface area contributed by atoms with Gasteiger partial charge in [-0.2, -0.15) is 0 Å². The van der Waals surface area contributed by atoms with Crippen LogP contribution in [-0.2, 0) is 9.53 Å². The second-order valence-corrected chi connectivity index (χ2v) is 3.18. The first kappa shape index (κ1) is 15.7. The molecule has 5 nitrogen and oxygen atoms in total. The molecule has 0 atom stereocenters. The molecule has 1 aromatic rings. The standard InChI is InChI=1S/C11H17N3O2.ClH/c1-3-16-7-6-11(15)14-9-4-5-10(12-2)13-8-9;/h4-5,8H,3,6-7H2,1-2H3,(H,12,13)(H,14,15);1H. The lowest BCUT2D eigenvalue weighted by Crippen LogP contribution is -2.14. The average Bonchev–Trinajstić information content (AvgIpc) is 2.30. The van der Waals surface area contributed by atoms with Crippen LogP contribution < -0.4 is 10.6 Å². The first-order valence-corrected chi connectivity index (χ1v) is 5.27. The maximum absolute atomic E-state index is 11.4. The fourth-order valence-corrected chi connectivity index (χ4v) is 1.15. The van der Waals surface area contributed by atoms with E-state index in [0.29, 0.717) is 25.3 Å². The number of carbonyl (C=O) groups is 1. The fourth-order valence-electron chi connectivity index (χ4n) is 1.15. The number of hydrogen-bond acceptors (Lipinski definition) is 4. The normalized spacial score (nSPS) is 9.29. The first-order chi connectivity index (χ1) is 7.76. The number of hydrogen-bond donors (Lipinski definition) is 2. The number of ether oxygens (including phenoxy) is 1. The smallest absolute Gasteiger partial charge is 0.226 e. The maximum Gasteiger partial charge on any atom is 0.226 e. The molecule has 1 amide bonds. The van der Waals surface area contributed by atoms with Gasteiger partial charge < -0.3 is 15.4 Å². The van der Waals surface area contributed by atoms with E-state index in [1.54, 1.807) is 25.4 Å². The van der Waals surface area contributed by atoms with Crippen LogP contribution in [0, 0.1) is 0 Å². The molecule has 1 rings (SSSR count). The monoisotopic (exact) mass is 259 g/mol. The minimum absolute atomic E-state index is 0. The van der Waals surface area contributed by atoms with E-state index in [9.17, 15) is 4.79 Å². The van der Waals surface area contributed by atoms with Crippen molar-refractivity contribution >= 4 is 29.8 Å². The number of rotatable bonds is 6. The molecule has 6 heteroatoms. The quantitative estimate of drug-likeness (QED) is 0.766. The third-order valence-corrected chi connectivity index (χ3v) is 1.98. The van der Waals surface area contributed by atoms with Crippen molar-refractivity contribution in [3.8, 4) is 0 Å². The van der Waals surface area contributed by atoms with Crippen LogP contribution in [-0.4, -0.2) is 31.2 Å². The van der Waals surface area contributed by atoms with Crippen LogP contribution in [0.5, 0.6) is 0 Å². The largest absolute Gasteiger partial charge is 0.381 e. The lowest BCUT2D eigenvalue weighted by molar-refractivity contribution is -0.117. The van der Waals surface area contributed by atoms with E-state index in [1.807, 2.05) is 6.92 Å². The number of anilines is 2. The van der Waals surface area contributed by atoms with Gasteiger partial charge in [0.25, 0.3) is 0 Å². The molecule has 0 spiro atoms. The number of nitrogens with one attached hydrogen (secondary N) is 2. The van der Waals surface area contributed by atoms with Gasteiger partial charge >= 0.3 is 0 Å². The van der Waals surface area contributed by atoms with E-state index in [-0.39, 0.29) is 18.3 Å². The lowest BCUT2D eigenvalue weighted by Gasteiger charge is -2.05. The zero-order valence-corrected chi connectivity index (χ0v) is 10.8. The number of nitrogens with zero attached hydrogens (tertiary/aromatic N) is 1. The predicted molar refractivity (Wildman–Crippen MR) is 70.8 cm³/mol. The molecule has 0 aliphatic rings. The highest BCUT2D eigenvalue weighted by Gasteiger charge is 2.02. The summed E-state index contributed by atoms with van der Waals surface area (Å²) in [6, 6.07) is 3.61. The van der Waals surface area contributed by atoms with Crippen molar-refractivity contribution in [2.75, 3.05) is 30.9 Å². The van der Waals surface area contributed by atoms with E-state index in [4.69, 9.17) is 4.74 Å². The minimum Gasteiger partial charge on any atom is -0.381 e. The molecule has 0 aliphatic heterocycles. The number of amides is 1. The summed E-state index contributed by atoms with van der Waals surface area (Å²) in [6.07, 6.45) is 1.98. The van der Waals surface area contributed by atoms with Crippen LogP contribution in [0.4, 0.5) is 11.5 Å². The molecule has 0 unspecified atom stereocenters. The molecule has 0 fully saturated rings. The molecule has 1 aromatic heterocycles. The molecule has 1 heterocycles. The van der Waals surface area contributed by atoms with E-state index in [0.717, 1.165) is 5.82 Å². The lowest BCUT2D eigenvalue weighted by atomic mass is 10.3. The van der Waals surface area contributed by atoms with Crippen molar-refractivity contribution in [1.82, 2.24) is 4.98 Å². The summed E-state index contributed by atoms with van der Waals surface area (Å²) in [7, 11) is 1.79. The molecule has 17 heavy (non-hydrogen) atoms. The maximum atomic E-state index is 11.4. The predicted octanol–water partition coefficient (Wildman–Crippen LogP) is 1.91. The Bertz CT molecular complexity index is 330. The van der Waals surface area contributed by atoms with E-state index < -0.39 is 0 Å².